The highest BCUT2D eigenvalue weighted by molar-refractivity contribution is 6.06. The first-order valence-electron chi connectivity index (χ1n) is 12.1. The molecule has 2 aromatic carbocycles. The zero-order valence-corrected chi connectivity index (χ0v) is 20.9. The Labute approximate surface area is 222 Å². The quantitative estimate of drug-likeness (QED) is 0.324. The third kappa shape index (κ3) is 7.57. The highest BCUT2D eigenvalue weighted by Crippen LogP contribution is 2.27. The number of nitrogens with zero attached hydrogens (tertiary/aromatic N) is 2. The standard InChI is InChI=1S/C26H25N3O3.C2HF3O2/c1-18-6-8-21(28-26(30)20-7-9-24-19(14-20)4-2-11-27-24)15-25(18)32-23-10-12-29(17-23)16-22-5-3-13-31-22;3-2(4,5)1(6)7/h2-9,11,13-15,23H,10,12,16-17H2,1H3,(H,28,30);(H,6,7). The second-order valence-electron chi connectivity index (χ2n) is 8.99. The Bertz CT molecular complexity index is 1440. The molecule has 1 fully saturated rings. The molecule has 1 saturated heterocycles. The molecule has 0 saturated carbocycles. The number of hydrogen-bond acceptors (Lipinski definition) is 6. The SMILES string of the molecule is Cc1ccc(NC(=O)c2ccc3ncccc3c2)cc1OC1CCN(Cc2ccco2)C1.O=C(O)C(F)(F)F. The predicted octanol–water partition coefficient (Wildman–Crippen LogP) is 5.68. The lowest BCUT2D eigenvalue weighted by molar-refractivity contribution is -0.192. The number of carbonyl (C=O) groups excluding carboxylic acids is 1. The molecular weight excluding hydrogens is 515 g/mol. The number of alkyl halides is 3. The monoisotopic (exact) mass is 541 g/mol. The molecular formula is C28H26F3N3O5. The molecule has 1 aliphatic rings. The summed E-state index contributed by atoms with van der Waals surface area (Å²) >= 11 is 0. The van der Waals surface area contributed by atoms with Crippen LogP contribution in [0.25, 0.3) is 10.9 Å². The average Bonchev–Trinajstić information content (AvgIpc) is 3.58. The normalized spacial score (nSPS) is 15.4. The summed E-state index contributed by atoms with van der Waals surface area (Å²) in [5.74, 6) is -1.14. The van der Waals surface area contributed by atoms with E-state index in [1.54, 1.807) is 18.5 Å². The van der Waals surface area contributed by atoms with Crippen molar-refractivity contribution in [1.29, 1.82) is 0 Å². The maximum absolute atomic E-state index is 12.8. The van der Waals surface area contributed by atoms with Gasteiger partial charge < -0.3 is 19.6 Å². The summed E-state index contributed by atoms with van der Waals surface area (Å²) in [4.78, 5) is 28.3. The topological polar surface area (TPSA) is 105 Å². The third-order valence-corrected chi connectivity index (χ3v) is 6.04. The summed E-state index contributed by atoms with van der Waals surface area (Å²) in [6, 6.07) is 19.0. The third-order valence-electron chi connectivity index (χ3n) is 6.04. The Balaban J connectivity index is 0.000000448. The first-order chi connectivity index (χ1) is 18.6. The number of halogens is 3. The van der Waals surface area contributed by atoms with Gasteiger partial charge in [0.15, 0.2) is 0 Å². The summed E-state index contributed by atoms with van der Waals surface area (Å²) in [6.07, 6.45) is -0.557. The number of fused-ring (bicyclic) bond motifs is 1. The van der Waals surface area contributed by atoms with Crippen LogP contribution in [-0.2, 0) is 11.3 Å². The lowest BCUT2D eigenvalue weighted by Crippen LogP contribution is -2.24. The van der Waals surface area contributed by atoms with Gasteiger partial charge in [-0.3, -0.25) is 14.7 Å². The van der Waals surface area contributed by atoms with Crippen LogP contribution >= 0.6 is 0 Å². The largest absolute Gasteiger partial charge is 0.490 e. The van der Waals surface area contributed by atoms with Gasteiger partial charge in [0.1, 0.15) is 17.6 Å². The van der Waals surface area contributed by atoms with Gasteiger partial charge in [0.2, 0.25) is 0 Å². The van der Waals surface area contributed by atoms with E-state index in [0.29, 0.717) is 11.3 Å². The van der Waals surface area contributed by atoms with Crippen LogP contribution in [0.1, 0.15) is 28.1 Å². The molecule has 1 unspecified atom stereocenters. The Morgan fingerprint density at radius 1 is 1.15 bits per heavy atom. The lowest BCUT2D eigenvalue weighted by atomic mass is 10.1. The number of pyridine rings is 1. The van der Waals surface area contributed by atoms with Gasteiger partial charge in [0, 0.05) is 42.0 Å². The molecule has 1 aliphatic heterocycles. The van der Waals surface area contributed by atoms with Crippen molar-refractivity contribution < 1.29 is 37.0 Å². The summed E-state index contributed by atoms with van der Waals surface area (Å²) in [6.45, 7) is 4.63. The summed E-state index contributed by atoms with van der Waals surface area (Å²) < 4.78 is 43.5. The van der Waals surface area contributed by atoms with Crippen molar-refractivity contribution in [1.82, 2.24) is 9.88 Å². The maximum Gasteiger partial charge on any atom is 0.490 e. The van der Waals surface area contributed by atoms with E-state index in [4.69, 9.17) is 19.1 Å². The molecule has 5 rings (SSSR count). The fraction of sp³-hybridized carbons (Fsp3) is 0.250. The van der Waals surface area contributed by atoms with Gasteiger partial charge in [-0.05, 0) is 61.4 Å². The number of ether oxygens (including phenoxy) is 1. The molecule has 4 aromatic rings. The van der Waals surface area contributed by atoms with Crippen LogP contribution in [0, 0.1) is 6.92 Å². The minimum absolute atomic E-state index is 0.114. The van der Waals surface area contributed by atoms with Gasteiger partial charge in [0.25, 0.3) is 5.91 Å². The number of aryl methyl sites for hydroxylation is 1. The number of benzene rings is 2. The van der Waals surface area contributed by atoms with Gasteiger partial charge in [-0.1, -0.05) is 12.1 Å². The second-order valence-corrected chi connectivity index (χ2v) is 8.99. The maximum atomic E-state index is 12.8. The van der Waals surface area contributed by atoms with Crippen molar-refractivity contribution in [3.05, 3.63) is 90.0 Å². The smallest absolute Gasteiger partial charge is 0.489 e. The number of carboxylic acids is 1. The molecule has 3 heterocycles. The van der Waals surface area contributed by atoms with Crippen molar-refractivity contribution in [2.75, 3.05) is 18.4 Å². The van der Waals surface area contributed by atoms with E-state index in [1.165, 1.54) is 0 Å². The number of anilines is 1. The van der Waals surface area contributed by atoms with Crippen LogP contribution < -0.4 is 10.1 Å². The van der Waals surface area contributed by atoms with E-state index < -0.39 is 12.1 Å². The number of aliphatic carboxylic acids is 1. The molecule has 8 nitrogen and oxygen atoms in total. The molecule has 0 aliphatic carbocycles. The molecule has 0 spiro atoms. The minimum Gasteiger partial charge on any atom is -0.489 e. The van der Waals surface area contributed by atoms with E-state index in [0.717, 1.165) is 54.0 Å². The van der Waals surface area contributed by atoms with Gasteiger partial charge in [-0.15, -0.1) is 0 Å². The molecule has 39 heavy (non-hydrogen) atoms. The highest BCUT2D eigenvalue weighted by Gasteiger charge is 2.38. The Hall–Kier alpha value is -4.38. The number of rotatable bonds is 6. The number of likely N-dealkylation sites (tertiary alicyclic amines) is 1. The summed E-state index contributed by atoms with van der Waals surface area (Å²) in [7, 11) is 0. The van der Waals surface area contributed by atoms with Crippen molar-refractivity contribution in [2.24, 2.45) is 0 Å². The number of furan rings is 1. The minimum atomic E-state index is -5.08. The van der Waals surface area contributed by atoms with Crippen LogP contribution in [0.2, 0.25) is 0 Å². The molecule has 204 valence electrons. The molecule has 11 heteroatoms. The van der Waals surface area contributed by atoms with E-state index in [2.05, 4.69) is 15.2 Å². The fourth-order valence-corrected chi connectivity index (χ4v) is 4.06. The zero-order chi connectivity index (χ0) is 28.0. The zero-order valence-electron chi connectivity index (χ0n) is 20.9. The average molecular weight is 542 g/mol. The van der Waals surface area contributed by atoms with E-state index in [9.17, 15) is 18.0 Å². The van der Waals surface area contributed by atoms with Crippen LogP contribution in [0.15, 0.2) is 77.5 Å². The fourth-order valence-electron chi connectivity index (χ4n) is 4.06. The van der Waals surface area contributed by atoms with Crippen LogP contribution in [0.3, 0.4) is 0 Å². The number of amides is 1. The Morgan fingerprint density at radius 2 is 1.95 bits per heavy atom. The lowest BCUT2D eigenvalue weighted by Gasteiger charge is -2.18. The molecule has 0 radical (unpaired) electrons. The highest BCUT2D eigenvalue weighted by atomic mass is 19.4. The molecule has 1 amide bonds. The van der Waals surface area contributed by atoms with Crippen LogP contribution in [-0.4, -0.2) is 52.2 Å². The van der Waals surface area contributed by atoms with Gasteiger partial charge in [0.05, 0.1) is 18.3 Å². The van der Waals surface area contributed by atoms with Crippen molar-refractivity contribution >= 4 is 28.5 Å². The van der Waals surface area contributed by atoms with Gasteiger partial charge in [-0.2, -0.15) is 13.2 Å². The summed E-state index contributed by atoms with van der Waals surface area (Å²) in [5, 5.41) is 11.1. The van der Waals surface area contributed by atoms with Crippen molar-refractivity contribution in [3.8, 4) is 5.75 Å². The van der Waals surface area contributed by atoms with E-state index in [1.807, 2.05) is 61.5 Å². The second kappa shape index (κ2) is 12.0. The summed E-state index contributed by atoms with van der Waals surface area (Å²) in [5.41, 5.74) is 3.22. The first-order valence-corrected chi connectivity index (χ1v) is 12.1. The molecule has 2 aromatic heterocycles. The number of carbonyl (C=O) groups is 2. The van der Waals surface area contributed by atoms with E-state index in [-0.39, 0.29) is 12.0 Å². The predicted molar refractivity (Wildman–Crippen MR) is 138 cm³/mol. The van der Waals surface area contributed by atoms with Crippen molar-refractivity contribution in [2.45, 2.75) is 32.2 Å². The van der Waals surface area contributed by atoms with Gasteiger partial charge in [-0.25, -0.2) is 4.79 Å². The molecule has 2 N–H and O–H groups in total. The first kappa shape index (κ1) is 27.6. The molecule has 1 atom stereocenters. The number of nitrogens with one attached hydrogen (secondary N) is 1. The van der Waals surface area contributed by atoms with Crippen LogP contribution in [0.4, 0.5) is 18.9 Å². The Morgan fingerprint density at radius 3 is 2.67 bits per heavy atom. The van der Waals surface area contributed by atoms with Crippen LogP contribution in [0.5, 0.6) is 5.75 Å². The Kier molecular flexibility index (Phi) is 8.50. The number of hydrogen-bond donors (Lipinski definition) is 2. The van der Waals surface area contributed by atoms with E-state index >= 15 is 0 Å². The molecule has 0 bridgehead atoms. The number of carboxylic acid groups (broad SMARTS) is 1. The number of aromatic nitrogens is 1. The van der Waals surface area contributed by atoms with Crippen molar-refractivity contribution in [3.63, 3.8) is 0 Å². The van der Waals surface area contributed by atoms with Gasteiger partial charge >= 0.3 is 12.1 Å².